The number of benzene rings is 1. The number of hydrogen-bond donors (Lipinski definition) is 2. The summed E-state index contributed by atoms with van der Waals surface area (Å²) in [6, 6.07) is 17.5. The van der Waals surface area contributed by atoms with E-state index in [0.717, 1.165) is 24.9 Å². The lowest BCUT2D eigenvalue weighted by atomic mass is 10.1. The van der Waals surface area contributed by atoms with Gasteiger partial charge in [0.15, 0.2) is 5.69 Å². The van der Waals surface area contributed by atoms with E-state index in [1.54, 1.807) is 24.5 Å². The van der Waals surface area contributed by atoms with Crippen molar-refractivity contribution in [3.05, 3.63) is 83.8 Å². The zero-order valence-corrected chi connectivity index (χ0v) is 14.4. The van der Waals surface area contributed by atoms with Crippen molar-refractivity contribution in [1.82, 2.24) is 20.5 Å². The molecular formula is C20H21N5O. The summed E-state index contributed by atoms with van der Waals surface area (Å²) in [6.07, 6.45) is 5.40. The standard InChI is InChI=1S/C20H21N5O/c26-20(23-15-17-10-13-21-14-11-17)18-8-9-19(25-24-18)22-12-4-7-16-5-2-1-3-6-16/h1-3,5-6,8-11,13-14H,4,7,12,15H2,(H,22,25)(H,23,26). The van der Waals surface area contributed by atoms with Crippen LogP contribution in [-0.2, 0) is 13.0 Å². The summed E-state index contributed by atoms with van der Waals surface area (Å²) in [6.45, 7) is 1.24. The Balaban J connectivity index is 1.42. The molecule has 1 amide bonds. The monoisotopic (exact) mass is 347 g/mol. The normalized spacial score (nSPS) is 10.3. The zero-order valence-electron chi connectivity index (χ0n) is 14.4. The van der Waals surface area contributed by atoms with Crippen molar-refractivity contribution in [2.45, 2.75) is 19.4 Å². The van der Waals surface area contributed by atoms with E-state index in [1.807, 2.05) is 30.3 Å². The highest BCUT2D eigenvalue weighted by atomic mass is 16.1. The first-order valence-electron chi connectivity index (χ1n) is 8.60. The van der Waals surface area contributed by atoms with E-state index in [4.69, 9.17) is 0 Å². The number of hydrogen-bond acceptors (Lipinski definition) is 5. The molecule has 0 fully saturated rings. The molecule has 0 saturated carbocycles. The van der Waals surface area contributed by atoms with E-state index in [0.29, 0.717) is 18.1 Å². The van der Waals surface area contributed by atoms with E-state index < -0.39 is 0 Å². The summed E-state index contributed by atoms with van der Waals surface area (Å²) in [4.78, 5) is 16.0. The first-order chi connectivity index (χ1) is 12.8. The molecule has 132 valence electrons. The predicted molar refractivity (Wildman–Crippen MR) is 101 cm³/mol. The highest BCUT2D eigenvalue weighted by molar-refractivity contribution is 5.92. The second-order valence-corrected chi connectivity index (χ2v) is 5.86. The maximum absolute atomic E-state index is 12.1. The number of carbonyl (C=O) groups excluding carboxylic acids is 1. The SMILES string of the molecule is O=C(NCc1ccncc1)c1ccc(NCCCc2ccccc2)nn1. The molecule has 3 aromatic rings. The van der Waals surface area contributed by atoms with Crippen molar-refractivity contribution in [2.24, 2.45) is 0 Å². The Labute approximate surface area is 152 Å². The largest absolute Gasteiger partial charge is 0.369 e. The van der Waals surface area contributed by atoms with Crippen molar-refractivity contribution >= 4 is 11.7 Å². The van der Waals surface area contributed by atoms with Crippen LogP contribution in [0.15, 0.2) is 67.0 Å². The van der Waals surface area contributed by atoms with Gasteiger partial charge in [-0.05, 0) is 48.2 Å². The van der Waals surface area contributed by atoms with Crippen LogP contribution in [-0.4, -0.2) is 27.6 Å². The fourth-order valence-corrected chi connectivity index (χ4v) is 2.47. The smallest absolute Gasteiger partial charge is 0.272 e. The third-order valence-corrected chi connectivity index (χ3v) is 3.89. The molecule has 0 aliphatic heterocycles. The van der Waals surface area contributed by atoms with Gasteiger partial charge in [-0.1, -0.05) is 30.3 Å². The van der Waals surface area contributed by atoms with Crippen molar-refractivity contribution < 1.29 is 4.79 Å². The molecule has 2 N–H and O–H groups in total. The number of pyridine rings is 1. The highest BCUT2D eigenvalue weighted by Crippen LogP contribution is 2.05. The molecular weight excluding hydrogens is 326 g/mol. The van der Waals surface area contributed by atoms with Gasteiger partial charge in [-0.15, -0.1) is 10.2 Å². The molecule has 2 heterocycles. The third kappa shape index (κ3) is 5.37. The van der Waals surface area contributed by atoms with Gasteiger partial charge < -0.3 is 10.6 Å². The molecule has 2 aromatic heterocycles. The van der Waals surface area contributed by atoms with Crippen LogP contribution in [0, 0.1) is 0 Å². The lowest BCUT2D eigenvalue weighted by Crippen LogP contribution is -2.24. The van der Waals surface area contributed by atoms with E-state index in [1.165, 1.54) is 5.56 Å². The molecule has 0 saturated heterocycles. The van der Waals surface area contributed by atoms with E-state index in [-0.39, 0.29) is 5.91 Å². The number of rotatable bonds is 8. The second kappa shape index (κ2) is 9.27. The molecule has 1 aromatic carbocycles. The minimum Gasteiger partial charge on any atom is -0.369 e. The van der Waals surface area contributed by atoms with Crippen molar-refractivity contribution in [3.8, 4) is 0 Å². The zero-order chi connectivity index (χ0) is 18.0. The number of nitrogens with zero attached hydrogens (tertiary/aromatic N) is 3. The molecule has 6 nitrogen and oxygen atoms in total. The van der Waals surface area contributed by atoms with Crippen LogP contribution >= 0.6 is 0 Å². The Hall–Kier alpha value is -3.28. The molecule has 0 atom stereocenters. The van der Waals surface area contributed by atoms with Crippen LogP contribution in [0.5, 0.6) is 0 Å². The van der Waals surface area contributed by atoms with Gasteiger partial charge >= 0.3 is 0 Å². The quantitative estimate of drug-likeness (QED) is 0.613. The lowest BCUT2D eigenvalue weighted by molar-refractivity contribution is 0.0945. The van der Waals surface area contributed by atoms with Gasteiger partial charge in [0.1, 0.15) is 5.82 Å². The van der Waals surface area contributed by atoms with Crippen LogP contribution in [0.3, 0.4) is 0 Å². The molecule has 26 heavy (non-hydrogen) atoms. The Morgan fingerprint density at radius 1 is 0.885 bits per heavy atom. The average Bonchev–Trinajstić information content (AvgIpc) is 2.71. The number of nitrogens with one attached hydrogen (secondary N) is 2. The van der Waals surface area contributed by atoms with Crippen LogP contribution in [0.1, 0.15) is 28.0 Å². The Morgan fingerprint density at radius 3 is 2.42 bits per heavy atom. The van der Waals surface area contributed by atoms with E-state index >= 15 is 0 Å². The maximum Gasteiger partial charge on any atom is 0.272 e. The Kier molecular flexibility index (Phi) is 6.25. The summed E-state index contributed by atoms with van der Waals surface area (Å²) in [5.74, 6) is 0.425. The van der Waals surface area contributed by atoms with E-state index in [9.17, 15) is 4.79 Å². The Morgan fingerprint density at radius 2 is 1.69 bits per heavy atom. The van der Waals surface area contributed by atoms with Crippen molar-refractivity contribution in [1.29, 1.82) is 0 Å². The summed E-state index contributed by atoms with van der Waals surface area (Å²) in [7, 11) is 0. The van der Waals surface area contributed by atoms with Crippen molar-refractivity contribution in [3.63, 3.8) is 0 Å². The van der Waals surface area contributed by atoms with Gasteiger partial charge in [0, 0.05) is 25.5 Å². The van der Waals surface area contributed by atoms with Gasteiger partial charge in [0.05, 0.1) is 0 Å². The molecule has 0 aliphatic carbocycles. The van der Waals surface area contributed by atoms with Crippen molar-refractivity contribution in [2.75, 3.05) is 11.9 Å². The fraction of sp³-hybridized carbons (Fsp3) is 0.200. The molecule has 3 rings (SSSR count). The summed E-state index contributed by atoms with van der Waals surface area (Å²) in [5.41, 5.74) is 2.61. The maximum atomic E-state index is 12.1. The first kappa shape index (κ1) is 17.5. The minimum atomic E-state index is -0.245. The lowest BCUT2D eigenvalue weighted by Gasteiger charge is -2.07. The molecule has 6 heteroatoms. The summed E-state index contributed by atoms with van der Waals surface area (Å²) < 4.78 is 0. The Bertz CT molecular complexity index is 807. The first-order valence-corrected chi connectivity index (χ1v) is 8.60. The number of amides is 1. The highest BCUT2D eigenvalue weighted by Gasteiger charge is 2.07. The fourth-order valence-electron chi connectivity index (χ4n) is 2.47. The van der Waals surface area contributed by atoms with Gasteiger partial charge in [-0.25, -0.2) is 0 Å². The third-order valence-electron chi connectivity index (χ3n) is 3.89. The van der Waals surface area contributed by atoms with E-state index in [2.05, 4.69) is 37.9 Å². The number of aryl methyl sites for hydroxylation is 1. The molecule has 0 bridgehead atoms. The molecule has 0 spiro atoms. The second-order valence-electron chi connectivity index (χ2n) is 5.86. The number of anilines is 1. The summed E-state index contributed by atoms with van der Waals surface area (Å²) in [5, 5.41) is 14.1. The van der Waals surface area contributed by atoms with Gasteiger partial charge in [-0.2, -0.15) is 0 Å². The van der Waals surface area contributed by atoms with Gasteiger partial charge in [-0.3, -0.25) is 9.78 Å². The average molecular weight is 347 g/mol. The van der Waals surface area contributed by atoms with Crippen LogP contribution in [0.2, 0.25) is 0 Å². The van der Waals surface area contributed by atoms with Gasteiger partial charge in [0.25, 0.3) is 5.91 Å². The number of carbonyl (C=O) groups is 1. The molecule has 0 unspecified atom stereocenters. The summed E-state index contributed by atoms with van der Waals surface area (Å²) >= 11 is 0. The molecule has 0 aliphatic rings. The predicted octanol–water partition coefficient (Wildman–Crippen LogP) is 2.85. The molecule has 0 radical (unpaired) electrons. The van der Waals surface area contributed by atoms with Crippen LogP contribution < -0.4 is 10.6 Å². The van der Waals surface area contributed by atoms with Gasteiger partial charge in [0.2, 0.25) is 0 Å². The van der Waals surface area contributed by atoms with Crippen LogP contribution in [0.25, 0.3) is 0 Å². The van der Waals surface area contributed by atoms with Crippen LogP contribution in [0.4, 0.5) is 5.82 Å². The number of aromatic nitrogens is 3. The minimum absolute atomic E-state index is 0.245. The topological polar surface area (TPSA) is 79.8 Å².